The Morgan fingerprint density at radius 3 is 2.67 bits per heavy atom. The standard InChI is InChI=1S/C14H17N3O4/c1-3-16-11-7-5-4-6-10(11)12(15-8-9(2)18)13(14(16)19)17(20)21/h4-7,9,15,18H,3,8H2,1-2H3/t9-/m1/s1. The fourth-order valence-corrected chi connectivity index (χ4v) is 2.30. The van der Waals surface area contributed by atoms with Gasteiger partial charge in [0, 0.05) is 18.5 Å². The molecule has 2 aromatic rings. The normalized spacial score (nSPS) is 12.3. The van der Waals surface area contributed by atoms with Gasteiger partial charge in [-0.05, 0) is 19.9 Å². The molecule has 1 atom stereocenters. The number of aryl methyl sites for hydroxylation is 1. The minimum Gasteiger partial charge on any atom is -0.392 e. The first-order valence-electron chi connectivity index (χ1n) is 6.69. The van der Waals surface area contributed by atoms with Crippen LogP contribution in [0.3, 0.4) is 0 Å². The molecule has 2 rings (SSSR count). The highest BCUT2D eigenvalue weighted by Crippen LogP contribution is 2.29. The van der Waals surface area contributed by atoms with E-state index in [2.05, 4.69) is 5.32 Å². The van der Waals surface area contributed by atoms with Crippen LogP contribution in [0.2, 0.25) is 0 Å². The SMILES string of the molecule is CCn1c(=O)c([N+](=O)[O-])c(NC[C@@H](C)O)c2ccccc21. The first-order valence-corrected chi connectivity index (χ1v) is 6.69. The number of benzene rings is 1. The van der Waals surface area contributed by atoms with Crippen molar-refractivity contribution in [2.45, 2.75) is 26.5 Å². The fourth-order valence-electron chi connectivity index (χ4n) is 2.30. The molecule has 0 aliphatic rings. The summed E-state index contributed by atoms with van der Waals surface area (Å²) in [5, 5.41) is 24.1. The molecular weight excluding hydrogens is 274 g/mol. The summed E-state index contributed by atoms with van der Waals surface area (Å²) in [6.45, 7) is 3.80. The smallest absolute Gasteiger partial charge is 0.357 e. The molecule has 0 aliphatic heterocycles. The first kappa shape index (κ1) is 15.0. The van der Waals surface area contributed by atoms with Gasteiger partial charge in [-0.25, -0.2) is 0 Å². The molecule has 0 unspecified atom stereocenters. The largest absolute Gasteiger partial charge is 0.392 e. The number of pyridine rings is 1. The van der Waals surface area contributed by atoms with Gasteiger partial charge < -0.3 is 15.0 Å². The van der Waals surface area contributed by atoms with Crippen molar-refractivity contribution in [3.05, 3.63) is 44.7 Å². The van der Waals surface area contributed by atoms with E-state index in [4.69, 9.17) is 0 Å². The van der Waals surface area contributed by atoms with Crippen LogP contribution in [-0.2, 0) is 6.54 Å². The second-order valence-corrected chi connectivity index (χ2v) is 4.78. The lowest BCUT2D eigenvalue weighted by Crippen LogP contribution is -2.25. The molecule has 2 N–H and O–H groups in total. The third-order valence-electron chi connectivity index (χ3n) is 3.22. The molecule has 1 aromatic heterocycles. The van der Waals surface area contributed by atoms with Crippen LogP contribution in [0.4, 0.5) is 11.4 Å². The van der Waals surface area contributed by atoms with Crippen LogP contribution in [0.1, 0.15) is 13.8 Å². The van der Waals surface area contributed by atoms with E-state index >= 15 is 0 Å². The quantitative estimate of drug-likeness (QED) is 0.645. The van der Waals surface area contributed by atoms with Gasteiger partial charge in [0.05, 0.1) is 16.5 Å². The van der Waals surface area contributed by atoms with E-state index in [1.165, 1.54) is 4.57 Å². The molecule has 0 bridgehead atoms. The highest BCUT2D eigenvalue weighted by atomic mass is 16.6. The molecule has 112 valence electrons. The number of fused-ring (bicyclic) bond motifs is 1. The average Bonchev–Trinajstić information content (AvgIpc) is 2.44. The third-order valence-corrected chi connectivity index (χ3v) is 3.22. The zero-order chi connectivity index (χ0) is 15.6. The molecule has 1 aromatic carbocycles. The number of aromatic nitrogens is 1. The maximum absolute atomic E-state index is 12.3. The van der Waals surface area contributed by atoms with Gasteiger partial charge in [-0.3, -0.25) is 14.9 Å². The predicted molar refractivity (Wildman–Crippen MR) is 80.7 cm³/mol. The Morgan fingerprint density at radius 2 is 2.10 bits per heavy atom. The van der Waals surface area contributed by atoms with Gasteiger partial charge in [0.15, 0.2) is 0 Å². The second kappa shape index (κ2) is 5.92. The van der Waals surface area contributed by atoms with Crippen LogP contribution in [-0.4, -0.2) is 27.2 Å². The Balaban J connectivity index is 2.82. The minimum atomic E-state index is -0.683. The Morgan fingerprint density at radius 1 is 1.43 bits per heavy atom. The summed E-state index contributed by atoms with van der Waals surface area (Å²) in [6, 6.07) is 7.00. The van der Waals surface area contributed by atoms with Crippen molar-refractivity contribution in [2.75, 3.05) is 11.9 Å². The number of nitrogens with one attached hydrogen (secondary N) is 1. The third kappa shape index (κ3) is 2.73. The second-order valence-electron chi connectivity index (χ2n) is 4.78. The molecule has 1 heterocycles. The lowest BCUT2D eigenvalue weighted by molar-refractivity contribution is -0.385. The molecule has 7 nitrogen and oxygen atoms in total. The molecule has 0 fully saturated rings. The Bertz CT molecular complexity index is 737. The van der Waals surface area contributed by atoms with Gasteiger partial charge in [-0.15, -0.1) is 0 Å². The number of anilines is 1. The maximum Gasteiger partial charge on any atom is 0.357 e. The Labute approximate surface area is 121 Å². The summed E-state index contributed by atoms with van der Waals surface area (Å²) >= 11 is 0. The lowest BCUT2D eigenvalue weighted by Gasteiger charge is -2.14. The Kier molecular flexibility index (Phi) is 4.23. The summed E-state index contributed by atoms with van der Waals surface area (Å²) in [4.78, 5) is 23.0. The van der Waals surface area contributed by atoms with Gasteiger partial charge in [0.2, 0.25) is 0 Å². The molecule has 0 saturated carbocycles. The van der Waals surface area contributed by atoms with Crippen LogP contribution in [0, 0.1) is 10.1 Å². The van der Waals surface area contributed by atoms with E-state index < -0.39 is 22.3 Å². The van der Waals surface area contributed by atoms with Crippen molar-refractivity contribution >= 4 is 22.3 Å². The number of hydrogen-bond acceptors (Lipinski definition) is 5. The fraction of sp³-hybridized carbons (Fsp3) is 0.357. The summed E-state index contributed by atoms with van der Waals surface area (Å²) in [7, 11) is 0. The van der Waals surface area contributed by atoms with Gasteiger partial charge in [-0.1, -0.05) is 18.2 Å². The minimum absolute atomic E-state index is 0.125. The molecule has 0 amide bonds. The van der Waals surface area contributed by atoms with E-state index in [0.29, 0.717) is 17.4 Å². The number of nitrogens with zero attached hydrogens (tertiary/aromatic N) is 2. The van der Waals surface area contributed by atoms with Gasteiger partial charge >= 0.3 is 11.2 Å². The van der Waals surface area contributed by atoms with Crippen LogP contribution in [0.15, 0.2) is 29.1 Å². The number of aliphatic hydroxyl groups excluding tert-OH is 1. The maximum atomic E-state index is 12.3. The molecule has 0 aliphatic carbocycles. The van der Waals surface area contributed by atoms with Crippen LogP contribution >= 0.6 is 0 Å². The van der Waals surface area contributed by atoms with Crippen molar-refractivity contribution in [2.24, 2.45) is 0 Å². The van der Waals surface area contributed by atoms with Crippen LogP contribution in [0.25, 0.3) is 10.9 Å². The van der Waals surface area contributed by atoms with Crippen molar-refractivity contribution in [1.82, 2.24) is 4.57 Å². The highest BCUT2D eigenvalue weighted by Gasteiger charge is 2.25. The predicted octanol–water partition coefficient (Wildman–Crippen LogP) is 1.72. The van der Waals surface area contributed by atoms with E-state index in [0.717, 1.165) is 0 Å². The van der Waals surface area contributed by atoms with Crippen LogP contribution in [0.5, 0.6) is 0 Å². The van der Waals surface area contributed by atoms with E-state index in [-0.39, 0.29) is 12.2 Å². The molecular formula is C14H17N3O4. The summed E-state index contributed by atoms with van der Waals surface area (Å²) in [5.41, 5.74) is -0.347. The summed E-state index contributed by atoms with van der Waals surface area (Å²) < 4.78 is 1.38. The van der Waals surface area contributed by atoms with Gasteiger partial charge in [0.25, 0.3) is 0 Å². The van der Waals surface area contributed by atoms with Crippen LogP contribution < -0.4 is 10.9 Å². The van der Waals surface area contributed by atoms with E-state index in [9.17, 15) is 20.0 Å². The van der Waals surface area contributed by atoms with Crippen molar-refractivity contribution in [3.8, 4) is 0 Å². The van der Waals surface area contributed by atoms with Crippen molar-refractivity contribution < 1.29 is 10.0 Å². The topological polar surface area (TPSA) is 97.4 Å². The lowest BCUT2D eigenvalue weighted by atomic mass is 10.1. The monoisotopic (exact) mass is 291 g/mol. The average molecular weight is 291 g/mol. The number of rotatable bonds is 5. The van der Waals surface area contributed by atoms with Crippen molar-refractivity contribution in [1.29, 1.82) is 0 Å². The number of para-hydroxylation sites is 1. The highest BCUT2D eigenvalue weighted by molar-refractivity contribution is 5.96. The molecule has 0 radical (unpaired) electrons. The zero-order valence-electron chi connectivity index (χ0n) is 11.9. The Hall–Kier alpha value is -2.41. The summed E-state index contributed by atoms with van der Waals surface area (Å²) in [5.74, 6) is 0. The summed E-state index contributed by atoms with van der Waals surface area (Å²) in [6.07, 6.45) is -0.683. The molecule has 0 spiro atoms. The van der Waals surface area contributed by atoms with E-state index in [1.54, 1.807) is 38.1 Å². The van der Waals surface area contributed by atoms with Crippen molar-refractivity contribution in [3.63, 3.8) is 0 Å². The molecule has 21 heavy (non-hydrogen) atoms. The number of aliphatic hydroxyl groups is 1. The van der Waals surface area contributed by atoms with E-state index in [1.807, 2.05) is 0 Å². The first-order chi connectivity index (χ1) is 9.97. The zero-order valence-corrected chi connectivity index (χ0v) is 11.9. The number of hydrogen-bond donors (Lipinski definition) is 2. The van der Waals surface area contributed by atoms with Gasteiger partial charge in [0.1, 0.15) is 5.69 Å². The van der Waals surface area contributed by atoms with Gasteiger partial charge in [-0.2, -0.15) is 0 Å². The molecule has 7 heteroatoms. The molecule has 0 saturated heterocycles. The number of nitro groups is 1.